The van der Waals surface area contributed by atoms with E-state index < -0.39 is 0 Å². The van der Waals surface area contributed by atoms with Crippen LogP contribution in [0.5, 0.6) is 0 Å². The number of rotatable bonds is 9. The van der Waals surface area contributed by atoms with Gasteiger partial charge in [-0.3, -0.25) is 4.79 Å². The highest BCUT2D eigenvalue weighted by molar-refractivity contribution is 7.89. The molecule has 0 radical (unpaired) electrons. The summed E-state index contributed by atoms with van der Waals surface area (Å²) >= 11 is 9.66. The van der Waals surface area contributed by atoms with Crippen molar-refractivity contribution in [1.82, 2.24) is 10.6 Å². The van der Waals surface area contributed by atoms with Gasteiger partial charge in [-0.2, -0.15) is 0 Å². The van der Waals surface area contributed by atoms with E-state index in [1.807, 2.05) is 6.92 Å². The molecule has 0 bridgehead atoms. The van der Waals surface area contributed by atoms with Crippen molar-refractivity contribution in [3.05, 3.63) is 0 Å². The number of thiocarbonyl (C=S) groups is 2. The molecule has 4 N–H and O–H groups in total. The Hall–Kier alpha value is -0.750. The maximum Gasteiger partial charge on any atom is 0.219 e. The predicted octanol–water partition coefficient (Wildman–Crippen LogP) is 1.67. The van der Waals surface area contributed by atoms with Gasteiger partial charge in [0.05, 0.1) is 0 Å². The van der Waals surface area contributed by atoms with Crippen LogP contribution in [0.15, 0.2) is 0 Å². The Kier molecular flexibility index (Phi) is 10.9. The van der Waals surface area contributed by atoms with Crippen molar-refractivity contribution in [3.8, 4) is 0 Å². The average molecular weight is 289 g/mol. The lowest BCUT2D eigenvalue weighted by molar-refractivity contribution is -0.121. The number of carbonyl (C=O) groups is 1. The molecule has 0 aromatic rings. The predicted molar refractivity (Wildman–Crippen MR) is 83.8 cm³/mol. The molecular weight excluding hydrogens is 266 g/mol. The molecule has 4 nitrogen and oxygen atoms in total. The first-order valence-electron chi connectivity index (χ1n) is 6.42. The van der Waals surface area contributed by atoms with E-state index in [4.69, 9.17) is 30.2 Å². The molecule has 18 heavy (non-hydrogen) atoms. The van der Waals surface area contributed by atoms with E-state index in [0.717, 1.165) is 45.2 Å². The molecule has 0 aliphatic rings. The monoisotopic (exact) mass is 289 g/mol. The minimum atomic E-state index is 0.154. The molecule has 104 valence electrons. The van der Waals surface area contributed by atoms with Crippen LogP contribution in [-0.2, 0) is 4.79 Å². The lowest BCUT2D eigenvalue weighted by Gasteiger charge is -2.06. The van der Waals surface area contributed by atoms with Gasteiger partial charge in [-0.25, -0.2) is 0 Å². The van der Waals surface area contributed by atoms with Gasteiger partial charge in [-0.1, -0.05) is 44.2 Å². The fourth-order valence-electron chi connectivity index (χ4n) is 1.44. The van der Waals surface area contributed by atoms with Crippen LogP contribution in [0.2, 0.25) is 0 Å². The average Bonchev–Trinajstić information content (AvgIpc) is 2.32. The summed E-state index contributed by atoms with van der Waals surface area (Å²) < 4.78 is 0. The van der Waals surface area contributed by atoms with E-state index in [1.165, 1.54) is 0 Å². The lowest BCUT2D eigenvalue weighted by Crippen LogP contribution is -2.33. The molecule has 0 aromatic heterocycles. The van der Waals surface area contributed by atoms with E-state index in [-0.39, 0.29) is 10.9 Å². The largest absolute Gasteiger partial charge is 0.388 e. The van der Waals surface area contributed by atoms with Crippen molar-refractivity contribution in [1.29, 1.82) is 0 Å². The van der Waals surface area contributed by atoms with Crippen LogP contribution in [0.25, 0.3) is 0 Å². The Bertz CT molecular complexity index is 282. The van der Waals surface area contributed by atoms with Crippen LogP contribution in [-0.4, -0.2) is 29.0 Å². The normalized spacial score (nSPS) is 9.83. The highest BCUT2D eigenvalue weighted by Gasteiger charge is 1.99. The molecule has 0 heterocycles. The number of nitrogens with one attached hydrogen (secondary N) is 2. The summed E-state index contributed by atoms with van der Waals surface area (Å²) in [4.78, 5) is 11.9. The lowest BCUT2D eigenvalue weighted by atomic mass is 10.2. The molecule has 0 rings (SSSR count). The summed E-state index contributed by atoms with van der Waals surface area (Å²) in [5.74, 6) is 0.154. The van der Waals surface area contributed by atoms with Crippen molar-refractivity contribution in [2.24, 2.45) is 5.73 Å². The molecule has 0 aliphatic heterocycles. The standard InChI is InChI=1S/C12H23N3OS2/c1-2-7-10(16)14-8-5-3-4-6-9-15-12(18)11(13)17/h2-9H2,1H3,(H2,13,17)(H,14,16)(H,15,18). The smallest absolute Gasteiger partial charge is 0.219 e. The first-order valence-corrected chi connectivity index (χ1v) is 7.24. The van der Waals surface area contributed by atoms with Crippen molar-refractivity contribution in [2.75, 3.05) is 13.1 Å². The van der Waals surface area contributed by atoms with Crippen LogP contribution in [0.3, 0.4) is 0 Å². The first kappa shape index (κ1) is 17.2. The van der Waals surface area contributed by atoms with Crippen LogP contribution in [0, 0.1) is 0 Å². The first-order chi connectivity index (χ1) is 8.57. The summed E-state index contributed by atoms with van der Waals surface area (Å²) in [5.41, 5.74) is 5.36. The summed E-state index contributed by atoms with van der Waals surface area (Å²) in [6, 6.07) is 0. The van der Waals surface area contributed by atoms with Gasteiger partial charge in [0.2, 0.25) is 5.91 Å². The topological polar surface area (TPSA) is 67.2 Å². The van der Waals surface area contributed by atoms with E-state index >= 15 is 0 Å². The van der Waals surface area contributed by atoms with Gasteiger partial charge in [0.15, 0.2) is 0 Å². The summed E-state index contributed by atoms with van der Waals surface area (Å²) in [5, 5.41) is 5.90. The Morgan fingerprint density at radius 3 is 2.11 bits per heavy atom. The molecule has 6 heteroatoms. The molecule has 0 saturated carbocycles. The third-order valence-electron chi connectivity index (χ3n) is 2.41. The molecule has 0 atom stereocenters. The van der Waals surface area contributed by atoms with Gasteiger partial charge in [-0.15, -0.1) is 0 Å². The number of amides is 1. The van der Waals surface area contributed by atoms with Crippen molar-refractivity contribution in [3.63, 3.8) is 0 Å². The van der Waals surface area contributed by atoms with Gasteiger partial charge in [0, 0.05) is 19.5 Å². The molecule has 0 aliphatic carbocycles. The van der Waals surface area contributed by atoms with Crippen LogP contribution in [0.4, 0.5) is 0 Å². The zero-order chi connectivity index (χ0) is 13.8. The fraction of sp³-hybridized carbons (Fsp3) is 0.750. The van der Waals surface area contributed by atoms with E-state index in [9.17, 15) is 4.79 Å². The molecular formula is C12H23N3OS2. The highest BCUT2D eigenvalue weighted by atomic mass is 32.1. The minimum Gasteiger partial charge on any atom is -0.388 e. The summed E-state index contributed by atoms with van der Waals surface area (Å²) in [6.07, 6.45) is 5.80. The zero-order valence-electron chi connectivity index (χ0n) is 11.0. The third-order valence-corrected chi connectivity index (χ3v) is 3.11. The van der Waals surface area contributed by atoms with Gasteiger partial charge < -0.3 is 16.4 Å². The Morgan fingerprint density at radius 1 is 1.06 bits per heavy atom. The molecule has 0 aromatic carbocycles. The van der Waals surface area contributed by atoms with Crippen molar-refractivity contribution in [2.45, 2.75) is 45.4 Å². The SMILES string of the molecule is CCCC(=O)NCCCCCCNC(=S)C(N)=S. The number of nitrogens with two attached hydrogens (primary N) is 1. The van der Waals surface area contributed by atoms with Crippen LogP contribution in [0.1, 0.15) is 45.4 Å². The maximum atomic E-state index is 11.2. The third kappa shape index (κ3) is 10.4. The second-order valence-electron chi connectivity index (χ2n) is 4.13. The van der Waals surface area contributed by atoms with E-state index in [0.29, 0.717) is 11.4 Å². The molecule has 0 fully saturated rings. The van der Waals surface area contributed by atoms with Gasteiger partial charge in [0.25, 0.3) is 0 Å². The van der Waals surface area contributed by atoms with Crippen LogP contribution >= 0.6 is 24.4 Å². The molecule has 0 spiro atoms. The van der Waals surface area contributed by atoms with E-state index in [2.05, 4.69) is 10.6 Å². The molecule has 1 amide bonds. The Morgan fingerprint density at radius 2 is 1.61 bits per heavy atom. The van der Waals surface area contributed by atoms with Crippen molar-refractivity contribution >= 4 is 40.3 Å². The second kappa shape index (κ2) is 11.3. The van der Waals surface area contributed by atoms with E-state index in [1.54, 1.807) is 0 Å². The van der Waals surface area contributed by atoms with Crippen molar-refractivity contribution < 1.29 is 4.79 Å². The van der Waals surface area contributed by atoms with Crippen LogP contribution < -0.4 is 16.4 Å². The number of carbonyl (C=O) groups excluding carboxylic acids is 1. The number of unbranched alkanes of at least 4 members (excludes halogenated alkanes) is 3. The molecule has 0 unspecified atom stereocenters. The maximum absolute atomic E-state index is 11.2. The van der Waals surface area contributed by atoms with Gasteiger partial charge >= 0.3 is 0 Å². The summed E-state index contributed by atoms with van der Waals surface area (Å²) in [6.45, 7) is 3.58. The Balaban J connectivity index is 3.24. The van der Waals surface area contributed by atoms with Gasteiger partial charge in [0.1, 0.15) is 9.98 Å². The second-order valence-corrected chi connectivity index (χ2v) is 4.98. The molecule has 0 saturated heterocycles. The zero-order valence-corrected chi connectivity index (χ0v) is 12.6. The Labute approximate surface area is 120 Å². The minimum absolute atomic E-state index is 0.154. The fourth-order valence-corrected chi connectivity index (χ4v) is 1.61. The number of hydrogen-bond acceptors (Lipinski definition) is 3. The quantitative estimate of drug-likeness (QED) is 0.445. The number of hydrogen-bond donors (Lipinski definition) is 3. The highest BCUT2D eigenvalue weighted by Crippen LogP contribution is 1.98. The van der Waals surface area contributed by atoms with Gasteiger partial charge in [-0.05, 0) is 19.3 Å². The summed E-state index contributed by atoms with van der Waals surface area (Å²) in [7, 11) is 0.